The van der Waals surface area contributed by atoms with E-state index in [1.807, 2.05) is 0 Å². The van der Waals surface area contributed by atoms with Crippen LogP contribution in [-0.2, 0) is 28.1 Å². The Labute approximate surface area is 457 Å². The van der Waals surface area contributed by atoms with Crippen molar-refractivity contribution in [3.63, 3.8) is 0 Å². The van der Waals surface area contributed by atoms with Crippen LogP contribution in [0.15, 0.2) is 156 Å². The Balaban J connectivity index is 1.05. The Morgan fingerprint density at radius 1 is 0.378 bits per heavy atom. The number of hydrogen-bond acceptors (Lipinski definition) is 0. The topological polar surface area (TPSA) is 0 Å². The fourth-order valence-corrected chi connectivity index (χ4v) is 103. The van der Waals surface area contributed by atoms with E-state index >= 15 is 0 Å². The zero-order valence-corrected chi connectivity index (χ0v) is 56.4. The van der Waals surface area contributed by atoms with Crippen LogP contribution in [0.1, 0.15) is 163 Å². The molecule has 0 aliphatic heterocycles. The van der Waals surface area contributed by atoms with Gasteiger partial charge in [0.1, 0.15) is 0 Å². The average molecular weight is 1250 g/mol. The summed E-state index contributed by atoms with van der Waals surface area (Å²) in [6.07, 6.45) is 13.9. The SMILES string of the molecule is C[SiH2][Zr]([Cl])([Cl])([CH2]CCCC[CH2][Zr]([Cl])([Cl])([SiH2]C)([CH]1C(C)=Cc2c(-c3ccccc3)cccc21)[CH]1C(C)=Cc2c(C(C)C)cccc21)([CH]1C(C)=Cc2c(-c3ccccc3)cccc21)[CH]1C(C)=Cc2c(C(C)C)cccc21. The molecule has 4 aliphatic rings. The van der Waals surface area contributed by atoms with Crippen molar-refractivity contribution >= 4 is 71.6 Å². The normalized spacial score (nSPS) is 21.2. The maximum absolute atomic E-state index is 9.38. The first-order valence-corrected chi connectivity index (χ1v) is 64.5. The van der Waals surface area contributed by atoms with Crippen LogP contribution in [0.4, 0.5) is 0 Å². The second kappa shape index (κ2) is 19.2. The fraction of sp³-hybridized carbons (Fsp3) is 0.333. The molecule has 4 atom stereocenters. The summed E-state index contributed by atoms with van der Waals surface area (Å²) in [5.74, 6) is 0.789. The molecular formula is C66H78Cl4Si2Zr2. The number of fused-ring (bicyclic) bond motifs is 4. The molecule has 0 fully saturated rings. The van der Waals surface area contributed by atoms with Crippen molar-refractivity contribution in [2.24, 2.45) is 0 Å². The molecule has 0 heterocycles. The number of rotatable bonds is 17. The Morgan fingerprint density at radius 3 is 0.986 bits per heavy atom. The van der Waals surface area contributed by atoms with Crippen molar-refractivity contribution in [1.29, 1.82) is 0 Å². The molecule has 6 aromatic carbocycles. The summed E-state index contributed by atoms with van der Waals surface area (Å²) in [7, 11) is 37.5. The minimum absolute atomic E-state index is 0.00883. The average Bonchev–Trinajstić information content (AvgIpc) is 4.15. The molecule has 10 rings (SSSR count). The summed E-state index contributed by atoms with van der Waals surface area (Å²) >= 11 is -11.4. The van der Waals surface area contributed by atoms with Crippen LogP contribution in [0.2, 0.25) is 21.4 Å². The molecule has 0 N–H and O–H groups in total. The summed E-state index contributed by atoms with van der Waals surface area (Å²) in [5.41, 5.74) is 24.0. The van der Waals surface area contributed by atoms with Gasteiger partial charge < -0.3 is 0 Å². The monoisotopic (exact) mass is 1250 g/mol. The first-order valence-electron chi connectivity index (χ1n) is 28.0. The van der Waals surface area contributed by atoms with Gasteiger partial charge in [-0.2, -0.15) is 0 Å². The van der Waals surface area contributed by atoms with Gasteiger partial charge in [0.2, 0.25) is 0 Å². The zero-order valence-electron chi connectivity index (χ0n) is 45.6. The Bertz CT molecular complexity index is 3160. The van der Waals surface area contributed by atoms with E-state index in [1.165, 1.54) is 100 Å². The molecule has 0 aromatic heterocycles. The number of unbranched alkanes of at least 4 members (excludes halogenated alkanes) is 3. The summed E-state index contributed by atoms with van der Waals surface area (Å²) in [4.78, 5) is 0. The van der Waals surface area contributed by atoms with Crippen LogP contribution in [0.3, 0.4) is 0 Å². The molecule has 0 amide bonds. The standard InChI is InChI=1S/2C16H13.2C13H15.C6H12.2CH5Si.4ClH.2Zr/c2*1-12-10-14-8-5-9-15(16(14)11-12)13-6-3-2-4-7-13;2*1-9(2)12-6-4-5-11-7-10(3)8-13(11)12;1-3-5-6-4-2;2*1-2;;;;;;/h2*2-11H,1H3;2*4-9H,1-3H3;1-6H2;2*2H2,1H3;4*1H;;/q;;;;;;;;;;;2*+2/p-4. The van der Waals surface area contributed by atoms with Gasteiger partial charge in [0, 0.05) is 0 Å². The molecule has 0 radical (unpaired) electrons. The minimum atomic E-state index is -5.68. The molecule has 74 heavy (non-hydrogen) atoms. The van der Waals surface area contributed by atoms with Crippen molar-refractivity contribution in [3.8, 4) is 22.3 Å². The zero-order chi connectivity index (χ0) is 52.7. The van der Waals surface area contributed by atoms with Gasteiger partial charge in [-0.3, -0.25) is 0 Å². The maximum atomic E-state index is 9.38. The van der Waals surface area contributed by atoms with E-state index in [9.17, 15) is 34.1 Å². The third kappa shape index (κ3) is 8.32. The van der Waals surface area contributed by atoms with Gasteiger partial charge in [-0.1, -0.05) is 0 Å². The van der Waals surface area contributed by atoms with Crippen LogP contribution in [0.25, 0.3) is 46.6 Å². The predicted octanol–water partition coefficient (Wildman–Crippen LogP) is 20.9. The molecule has 0 saturated heterocycles. The molecule has 6 aromatic rings. The van der Waals surface area contributed by atoms with Crippen LogP contribution in [0.5, 0.6) is 0 Å². The number of allylic oxidation sites excluding steroid dienone is 4. The number of hydrogen-bond donors (Lipinski definition) is 0. The Kier molecular flexibility index (Phi) is 14.3. The molecule has 4 unspecified atom stereocenters. The number of halogens is 4. The third-order valence-electron chi connectivity index (χ3n) is 20.0. The molecule has 8 heteroatoms. The van der Waals surface area contributed by atoms with Crippen LogP contribution >= 0.6 is 34.1 Å². The molecule has 0 saturated carbocycles. The van der Waals surface area contributed by atoms with E-state index in [-0.39, 0.29) is 14.5 Å². The van der Waals surface area contributed by atoms with Crippen molar-refractivity contribution in [2.45, 2.75) is 129 Å². The van der Waals surface area contributed by atoms with E-state index < -0.39 is 41.4 Å². The second-order valence-electron chi connectivity index (χ2n) is 24.8. The fourth-order valence-electron chi connectivity index (χ4n) is 16.8. The summed E-state index contributed by atoms with van der Waals surface area (Å²) in [5, 5.41) is 0. The van der Waals surface area contributed by atoms with Crippen LogP contribution < -0.4 is 0 Å². The second-order valence-corrected chi connectivity index (χ2v) is 131. The quantitative estimate of drug-likeness (QED) is 0.0631. The van der Waals surface area contributed by atoms with Gasteiger partial charge in [0.25, 0.3) is 0 Å². The Hall–Kier alpha value is -2.36. The molecule has 0 spiro atoms. The van der Waals surface area contributed by atoms with E-state index in [0.717, 1.165) is 33.9 Å². The Morgan fingerprint density at radius 2 is 0.676 bits per heavy atom. The van der Waals surface area contributed by atoms with E-state index in [4.69, 9.17) is 0 Å². The van der Waals surface area contributed by atoms with E-state index in [1.54, 1.807) is 0 Å². The van der Waals surface area contributed by atoms with Gasteiger partial charge in [0.05, 0.1) is 0 Å². The van der Waals surface area contributed by atoms with Gasteiger partial charge in [0.15, 0.2) is 0 Å². The van der Waals surface area contributed by atoms with Crippen molar-refractivity contribution in [3.05, 3.63) is 211 Å². The van der Waals surface area contributed by atoms with Crippen molar-refractivity contribution in [1.82, 2.24) is 0 Å². The summed E-state index contributed by atoms with van der Waals surface area (Å²) in [6.45, 7) is 21.5. The summed E-state index contributed by atoms with van der Waals surface area (Å²) < 4.78 is 1.85. The molecule has 4 aliphatic carbocycles. The van der Waals surface area contributed by atoms with E-state index in [0.29, 0.717) is 11.8 Å². The van der Waals surface area contributed by atoms with Gasteiger partial charge in [-0.15, -0.1) is 0 Å². The molecule has 386 valence electrons. The molecular weight excluding hydrogens is 1170 g/mol. The predicted molar refractivity (Wildman–Crippen MR) is 331 cm³/mol. The molecule has 0 nitrogen and oxygen atoms in total. The van der Waals surface area contributed by atoms with Gasteiger partial charge >= 0.3 is 462 Å². The van der Waals surface area contributed by atoms with Crippen LogP contribution in [0, 0.1) is 0 Å². The molecule has 0 bridgehead atoms. The number of benzene rings is 6. The van der Waals surface area contributed by atoms with E-state index in [2.05, 4.69) is 226 Å². The van der Waals surface area contributed by atoms with Crippen LogP contribution in [-0.4, -0.2) is 13.3 Å². The first-order chi connectivity index (χ1) is 35.1. The first kappa shape index (κ1) is 55.0. The van der Waals surface area contributed by atoms with Gasteiger partial charge in [-0.25, -0.2) is 0 Å². The third-order valence-corrected chi connectivity index (χ3v) is 130. The summed E-state index contributed by atoms with van der Waals surface area (Å²) in [6, 6.07) is 49.6. The van der Waals surface area contributed by atoms with Gasteiger partial charge in [-0.05, 0) is 0 Å². The van der Waals surface area contributed by atoms with Crippen molar-refractivity contribution < 1.29 is 28.1 Å². The van der Waals surface area contributed by atoms with Crippen molar-refractivity contribution in [2.75, 3.05) is 0 Å².